The van der Waals surface area contributed by atoms with Crippen molar-refractivity contribution in [3.8, 4) is 5.75 Å². The molecule has 1 aromatic rings. The Morgan fingerprint density at radius 3 is 2.74 bits per heavy atom. The van der Waals surface area contributed by atoms with Gasteiger partial charge in [0.1, 0.15) is 5.75 Å². The fourth-order valence-electron chi connectivity index (χ4n) is 2.86. The van der Waals surface area contributed by atoms with Gasteiger partial charge in [0.2, 0.25) is 0 Å². The lowest BCUT2D eigenvalue weighted by atomic mass is 9.88. The van der Waals surface area contributed by atoms with E-state index >= 15 is 0 Å². The summed E-state index contributed by atoms with van der Waals surface area (Å²) in [6.45, 7) is 7.92. The highest BCUT2D eigenvalue weighted by molar-refractivity contribution is 5.35. The second-order valence-corrected chi connectivity index (χ2v) is 5.85. The van der Waals surface area contributed by atoms with E-state index in [1.807, 2.05) is 18.2 Å². The van der Waals surface area contributed by atoms with E-state index in [1.54, 1.807) is 7.11 Å². The lowest BCUT2D eigenvalue weighted by molar-refractivity contribution is 0.131. The van der Waals surface area contributed by atoms with Crippen LogP contribution >= 0.6 is 0 Å². The fourth-order valence-corrected chi connectivity index (χ4v) is 2.86. The summed E-state index contributed by atoms with van der Waals surface area (Å²) in [5.74, 6) is 2.49. The Hall–Kier alpha value is -1.06. The number of likely N-dealkylation sites (tertiary alicyclic amines) is 1. The molecule has 0 aromatic heterocycles. The van der Waals surface area contributed by atoms with Crippen molar-refractivity contribution in [2.45, 2.75) is 26.3 Å². The highest BCUT2D eigenvalue weighted by Crippen LogP contribution is 2.27. The monoisotopic (exact) mass is 262 g/mol. The molecule has 3 unspecified atom stereocenters. The van der Waals surface area contributed by atoms with Crippen LogP contribution in [0.25, 0.3) is 0 Å². The largest absolute Gasteiger partial charge is 0.496 e. The molecule has 1 aliphatic heterocycles. The molecule has 3 heteroatoms. The summed E-state index contributed by atoms with van der Waals surface area (Å²) in [6, 6.07) is 8.09. The number of benzene rings is 1. The maximum absolute atomic E-state index is 6.36. The highest BCUT2D eigenvalue weighted by Gasteiger charge is 2.24. The van der Waals surface area contributed by atoms with E-state index in [-0.39, 0.29) is 6.04 Å². The van der Waals surface area contributed by atoms with Gasteiger partial charge < -0.3 is 15.4 Å². The van der Waals surface area contributed by atoms with E-state index in [0.29, 0.717) is 0 Å². The number of hydrogen-bond donors (Lipinski definition) is 1. The number of hydrogen-bond acceptors (Lipinski definition) is 3. The van der Waals surface area contributed by atoms with Gasteiger partial charge in [0.05, 0.1) is 7.11 Å². The summed E-state index contributed by atoms with van der Waals surface area (Å²) in [6.07, 6.45) is 1.28. The van der Waals surface area contributed by atoms with E-state index < -0.39 is 0 Å². The van der Waals surface area contributed by atoms with Crippen LogP contribution in [0, 0.1) is 11.8 Å². The van der Waals surface area contributed by atoms with Crippen LogP contribution in [0.15, 0.2) is 24.3 Å². The zero-order valence-corrected chi connectivity index (χ0v) is 12.3. The zero-order chi connectivity index (χ0) is 13.8. The number of methoxy groups -OCH3 is 1. The molecule has 106 valence electrons. The Balaban J connectivity index is 1.99. The van der Waals surface area contributed by atoms with E-state index in [0.717, 1.165) is 42.8 Å². The quantitative estimate of drug-likeness (QED) is 0.906. The summed E-state index contributed by atoms with van der Waals surface area (Å²) in [5, 5.41) is 0. The first-order valence-corrected chi connectivity index (χ1v) is 7.22. The third kappa shape index (κ3) is 3.48. The number of piperidine rings is 1. The molecule has 3 atom stereocenters. The van der Waals surface area contributed by atoms with Crippen LogP contribution in [0.4, 0.5) is 0 Å². The Morgan fingerprint density at radius 2 is 2.05 bits per heavy atom. The molecule has 0 amide bonds. The van der Waals surface area contributed by atoms with Crippen LogP contribution in [0.5, 0.6) is 5.75 Å². The lowest BCUT2D eigenvalue weighted by Gasteiger charge is -2.36. The molecule has 0 bridgehead atoms. The van der Waals surface area contributed by atoms with Gasteiger partial charge in [-0.05, 0) is 30.9 Å². The zero-order valence-electron chi connectivity index (χ0n) is 12.3. The molecule has 1 heterocycles. The van der Waals surface area contributed by atoms with Gasteiger partial charge >= 0.3 is 0 Å². The minimum atomic E-state index is 0.0248. The topological polar surface area (TPSA) is 38.5 Å². The maximum atomic E-state index is 6.36. The van der Waals surface area contributed by atoms with Gasteiger partial charge in [-0.2, -0.15) is 0 Å². The summed E-state index contributed by atoms with van der Waals surface area (Å²) in [4.78, 5) is 2.49. The number of nitrogens with two attached hydrogens (primary N) is 1. The summed E-state index contributed by atoms with van der Waals surface area (Å²) >= 11 is 0. The van der Waals surface area contributed by atoms with Crippen molar-refractivity contribution in [3.05, 3.63) is 29.8 Å². The van der Waals surface area contributed by atoms with Gasteiger partial charge in [-0.1, -0.05) is 32.0 Å². The predicted octanol–water partition coefficient (Wildman–Crippen LogP) is 2.67. The maximum Gasteiger partial charge on any atom is 0.123 e. The minimum Gasteiger partial charge on any atom is -0.496 e. The van der Waals surface area contributed by atoms with Crippen LogP contribution in [-0.2, 0) is 0 Å². The Labute approximate surface area is 116 Å². The van der Waals surface area contributed by atoms with Crippen LogP contribution in [-0.4, -0.2) is 31.6 Å². The SMILES string of the molecule is COc1ccccc1C(N)CN1CCC(C)C(C)C1. The first kappa shape index (κ1) is 14.4. The van der Waals surface area contributed by atoms with Gasteiger partial charge in [-0.3, -0.25) is 0 Å². The standard InChI is InChI=1S/C16H26N2O/c1-12-8-9-18(10-13(12)2)11-15(17)14-6-4-5-7-16(14)19-3/h4-7,12-13,15H,8-11,17H2,1-3H3. The summed E-state index contributed by atoms with van der Waals surface area (Å²) in [5.41, 5.74) is 7.47. The second-order valence-electron chi connectivity index (χ2n) is 5.85. The lowest BCUT2D eigenvalue weighted by Crippen LogP contribution is -2.42. The van der Waals surface area contributed by atoms with Crippen LogP contribution in [0.2, 0.25) is 0 Å². The first-order chi connectivity index (χ1) is 9.11. The molecule has 1 fully saturated rings. The van der Waals surface area contributed by atoms with Gasteiger partial charge in [-0.15, -0.1) is 0 Å². The fraction of sp³-hybridized carbons (Fsp3) is 0.625. The van der Waals surface area contributed by atoms with Crippen molar-refractivity contribution >= 4 is 0 Å². The van der Waals surface area contributed by atoms with Gasteiger partial charge in [0.25, 0.3) is 0 Å². The molecule has 3 nitrogen and oxygen atoms in total. The van der Waals surface area contributed by atoms with Gasteiger partial charge in [-0.25, -0.2) is 0 Å². The molecule has 0 spiro atoms. The van der Waals surface area contributed by atoms with Crippen molar-refractivity contribution in [2.75, 3.05) is 26.7 Å². The van der Waals surface area contributed by atoms with E-state index in [2.05, 4.69) is 24.8 Å². The summed E-state index contributed by atoms with van der Waals surface area (Å²) in [7, 11) is 1.70. The highest BCUT2D eigenvalue weighted by atomic mass is 16.5. The number of para-hydroxylation sites is 1. The Kier molecular flexibility index (Phi) is 4.83. The molecule has 1 aliphatic rings. The third-order valence-electron chi connectivity index (χ3n) is 4.41. The average Bonchev–Trinajstić information content (AvgIpc) is 2.43. The number of ether oxygens (including phenoxy) is 1. The third-order valence-corrected chi connectivity index (χ3v) is 4.41. The van der Waals surface area contributed by atoms with E-state index in [1.165, 1.54) is 6.42 Å². The van der Waals surface area contributed by atoms with Crippen molar-refractivity contribution in [3.63, 3.8) is 0 Å². The average molecular weight is 262 g/mol. The van der Waals surface area contributed by atoms with Crippen molar-refractivity contribution in [1.29, 1.82) is 0 Å². The normalized spacial score (nSPS) is 26.1. The molecule has 0 aliphatic carbocycles. The van der Waals surface area contributed by atoms with Crippen molar-refractivity contribution in [1.82, 2.24) is 4.90 Å². The molecule has 2 rings (SSSR count). The van der Waals surface area contributed by atoms with E-state index in [4.69, 9.17) is 10.5 Å². The molecule has 19 heavy (non-hydrogen) atoms. The van der Waals surface area contributed by atoms with Crippen molar-refractivity contribution in [2.24, 2.45) is 17.6 Å². The predicted molar refractivity (Wildman–Crippen MR) is 79.3 cm³/mol. The smallest absolute Gasteiger partial charge is 0.123 e. The summed E-state index contributed by atoms with van der Waals surface area (Å²) < 4.78 is 5.40. The Morgan fingerprint density at radius 1 is 1.32 bits per heavy atom. The molecule has 1 saturated heterocycles. The van der Waals surface area contributed by atoms with Crippen molar-refractivity contribution < 1.29 is 4.74 Å². The van der Waals surface area contributed by atoms with Crippen LogP contribution in [0.3, 0.4) is 0 Å². The van der Waals surface area contributed by atoms with Crippen LogP contribution < -0.4 is 10.5 Å². The molecular formula is C16H26N2O. The van der Waals surface area contributed by atoms with Gasteiger partial charge in [0, 0.05) is 24.7 Å². The molecule has 0 saturated carbocycles. The molecule has 2 N–H and O–H groups in total. The van der Waals surface area contributed by atoms with Crippen LogP contribution in [0.1, 0.15) is 31.9 Å². The molecule has 1 aromatic carbocycles. The second kappa shape index (κ2) is 6.40. The molecular weight excluding hydrogens is 236 g/mol. The Bertz CT molecular complexity index is 407. The molecule has 0 radical (unpaired) electrons. The van der Waals surface area contributed by atoms with E-state index in [9.17, 15) is 0 Å². The number of rotatable bonds is 4. The minimum absolute atomic E-state index is 0.0248. The number of nitrogens with zero attached hydrogens (tertiary/aromatic N) is 1. The first-order valence-electron chi connectivity index (χ1n) is 7.22. The van der Waals surface area contributed by atoms with Gasteiger partial charge in [0.15, 0.2) is 0 Å².